The number of nitrogens with zero attached hydrogens (tertiary/aromatic N) is 2. The SMILES string of the molecule is CCCNC(=O)CSc1nc2nc[nH]c2c(=O)[nH]1. The van der Waals surface area contributed by atoms with Crippen LogP contribution in [0.5, 0.6) is 0 Å². The van der Waals surface area contributed by atoms with Gasteiger partial charge in [0.2, 0.25) is 5.91 Å². The Hall–Kier alpha value is -1.83. The summed E-state index contributed by atoms with van der Waals surface area (Å²) in [6.07, 6.45) is 2.31. The number of aromatic nitrogens is 4. The van der Waals surface area contributed by atoms with Crippen LogP contribution in [0.1, 0.15) is 13.3 Å². The standard InChI is InChI=1S/C10H13N5O2S/c1-2-3-11-6(16)4-18-10-14-8-7(9(17)15-10)12-5-13-8/h5H,2-4H2,1H3,(H,11,16)(H2,12,13,14,15,17). The van der Waals surface area contributed by atoms with Crippen LogP contribution < -0.4 is 10.9 Å². The molecular formula is C10H13N5O2S. The minimum atomic E-state index is -0.283. The summed E-state index contributed by atoms with van der Waals surface area (Å²) in [5.74, 6) is 0.144. The molecule has 0 aromatic carbocycles. The van der Waals surface area contributed by atoms with Crippen LogP contribution >= 0.6 is 11.8 Å². The maximum Gasteiger partial charge on any atom is 0.277 e. The van der Waals surface area contributed by atoms with E-state index in [4.69, 9.17) is 0 Å². The van der Waals surface area contributed by atoms with Gasteiger partial charge in [0.25, 0.3) is 5.56 Å². The molecule has 2 heterocycles. The zero-order valence-electron chi connectivity index (χ0n) is 9.82. The summed E-state index contributed by atoms with van der Waals surface area (Å²) in [6.45, 7) is 2.64. The van der Waals surface area contributed by atoms with Crippen LogP contribution in [-0.4, -0.2) is 38.1 Å². The molecule has 8 heteroatoms. The third kappa shape index (κ3) is 2.89. The van der Waals surface area contributed by atoms with Crippen molar-refractivity contribution in [3.05, 3.63) is 16.7 Å². The van der Waals surface area contributed by atoms with Gasteiger partial charge in [-0.1, -0.05) is 18.7 Å². The lowest BCUT2D eigenvalue weighted by atomic mass is 10.5. The normalized spacial score (nSPS) is 10.7. The molecule has 1 amide bonds. The van der Waals surface area contributed by atoms with Gasteiger partial charge < -0.3 is 10.3 Å². The number of hydrogen-bond donors (Lipinski definition) is 3. The van der Waals surface area contributed by atoms with Crippen molar-refractivity contribution in [3.8, 4) is 0 Å². The number of carbonyl (C=O) groups excluding carboxylic acids is 1. The molecule has 2 rings (SSSR count). The Morgan fingerprint density at radius 3 is 3.17 bits per heavy atom. The van der Waals surface area contributed by atoms with Gasteiger partial charge in [0.05, 0.1) is 12.1 Å². The van der Waals surface area contributed by atoms with Gasteiger partial charge in [-0.05, 0) is 6.42 Å². The van der Waals surface area contributed by atoms with Gasteiger partial charge in [-0.3, -0.25) is 14.6 Å². The number of rotatable bonds is 5. The van der Waals surface area contributed by atoms with Crippen LogP contribution in [0.4, 0.5) is 0 Å². The van der Waals surface area contributed by atoms with Crippen molar-refractivity contribution >= 4 is 28.8 Å². The summed E-state index contributed by atoms with van der Waals surface area (Å²) in [6, 6.07) is 0. The molecule has 0 saturated carbocycles. The van der Waals surface area contributed by atoms with Gasteiger partial charge in [0.15, 0.2) is 16.3 Å². The third-order valence-corrected chi connectivity index (χ3v) is 3.06. The van der Waals surface area contributed by atoms with Crippen LogP contribution in [0.3, 0.4) is 0 Å². The number of H-pyrrole nitrogens is 2. The molecule has 0 radical (unpaired) electrons. The Kier molecular flexibility index (Phi) is 3.98. The maximum absolute atomic E-state index is 11.6. The second-order valence-corrected chi connectivity index (χ2v) is 4.57. The molecular weight excluding hydrogens is 254 g/mol. The van der Waals surface area contributed by atoms with E-state index < -0.39 is 0 Å². The molecule has 2 aromatic heterocycles. The molecule has 18 heavy (non-hydrogen) atoms. The van der Waals surface area contributed by atoms with Crippen LogP contribution in [0.15, 0.2) is 16.3 Å². The Morgan fingerprint density at radius 1 is 1.56 bits per heavy atom. The molecule has 0 aliphatic heterocycles. The fourth-order valence-corrected chi connectivity index (χ4v) is 2.03. The van der Waals surface area contributed by atoms with Gasteiger partial charge in [0.1, 0.15) is 0 Å². The van der Waals surface area contributed by atoms with Crippen molar-refractivity contribution in [1.82, 2.24) is 25.3 Å². The van der Waals surface area contributed by atoms with Crippen molar-refractivity contribution in [2.45, 2.75) is 18.5 Å². The average Bonchev–Trinajstić information content (AvgIpc) is 2.82. The van der Waals surface area contributed by atoms with Gasteiger partial charge in [-0.25, -0.2) is 9.97 Å². The number of hydrogen-bond acceptors (Lipinski definition) is 5. The summed E-state index contributed by atoms with van der Waals surface area (Å²) >= 11 is 1.18. The first-order valence-corrected chi connectivity index (χ1v) is 6.52. The zero-order chi connectivity index (χ0) is 13.0. The summed E-state index contributed by atoms with van der Waals surface area (Å²) in [4.78, 5) is 36.3. The van der Waals surface area contributed by atoms with Crippen molar-refractivity contribution in [2.75, 3.05) is 12.3 Å². The first-order valence-electron chi connectivity index (χ1n) is 5.53. The van der Waals surface area contributed by atoms with E-state index in [1.807, 2.05) is 6.92 Å². The number of nitrogens with one attached hydrogen (secondary N) is 3. The van der Waals surface area contributed by atoms with Gasteiger partial charge in [-0.2, -0.15) is 0 Å². The van der Waals surface area contributed by atoms with Gasteiger partial charge in [-0.15, -0.1) is 0 Å². The van der Waals surface area contributed by atoms with E-state index >= 15 is 0 Å². The highest BCUT2D eigenvalue weighted by molar-refractivity contribution is 7.99. The second-order valence-electron chi connectivity index (χ2n) is 3.61. The lowest BCUT2D eigenvalue weighted by Gasteiger charge is -2.02. The molecule has 0 saturated heterocycles. The molecule has 0 fully saturated rings. The predicted molar refractivity (Wildman–Crippen MR) is 68.5 cm³/mol. The fraction of sp³-hybridized carbons (Fsp3) is 0.400. The molecule has 0 aliphatic rings. The number of amides is 1. The largest absolute Gasteiger partial charge is 0.355 e. The van der Waals surface area contributed by atoms with Crippen LogP contribution in [0.2, 0.25) is 0 Å². The van der Waals surface area contributed by atoms with Gasteiger partial charge >= 0.3 is 0 Å². The quantitative estimate of drug-likeness (QED) is 0.532. The summed E-state index contributed by atoms with van der Waals surface area (Å²) < 4.78 is 0. The van der Waals surface area contributed by atoms with Crippen LogP contribution in [-0.2, 0) is 4.79 Å². The molecule has 3 N–H and O–H groups in total. The smallest absolute Gasteiger partial charge is 0.277 e. The molecule has 96 valence electrons. The first kappa shape index (κ1) is 12.6. The Morgan fingerprint density at radius 2 is 2.39 bits per heavy atom. The molecule has 0 aliphatic carbocycles. The van der Waals surface area contributed by atoms with Crippen LogP contribution in [0.25, 0.3) is 11.2 Å². The molecule has 0 bridgehead atoms. The van der Waals surface area contributed by atoms with E-state index in [0.29, 0.717) is 22.9 Å². The van der Waals surface area contributed by atoms with E-state index in [1.165, 1.54) is 18.1 Å². The molecule has 2 aromatic rings. The number of imidazole rings is 1. The van der Waals surface area contributed by atoms with E-state index in [-0.39, 0.29) is 17.2 Å². The number of aromatic amines is 2. The van der Waals surface area contributed by atoms with Crippen molar-refractivity contribution in [1.29, 1.82) is 0 Å². The van der Waals surface area contributed by atoms with Crippen molar-refractivity contribution in [3.63, 3.8) is 0 Å². The molecule has 0 spiro atoms. The fourth-order valence-electron chi connectivity index (χ4n) is 1.34. The average molecular weight is 267 g/mol. The van der Waals surface area contributed by atoms with E-state index in [2.05, 4.69) is 25.3 Å². The lowest BCUT2D eigenvalue weighted by molar-refractivity contribution is -0.118. The summed E-state index contributed by atoms with van der Waals surface area (Å²) in [7, 11) is 0. The van der Waals surface area contributed by atoms with E-state index in [9.17, 15) is 9.59 Å². The van der Waals surface area contributed by atoms with Crippen molar-refractivity contribution < 1.29 is 4.79 Å². The molecule has 0 atom stereocenters. The maximum atomic E-state index is 11.6. The minimum absolute atomic E-state index is 0.0772. The Labute approximate surface area is 107 Å². The number of carbonyl (C=O) groups is 1. The highest BCUT2D eigenvalue weighted by Crippen LogP contribution is 2.12. The summed E-state index contributed by atoms with van der Waals surface area (Å²) in [5.41, 5.74) is 0.416. The second kappa shape index (κ2) is 5.67. The summed E-state index contributed by atoms with van der Waals surface area (Å²) in [5, 5.41) is 3.14. The topological polar surface area (TPSA) is 104 Å². The Balaban J connectivity index is 2.03. The molecule has 7 nitrogen and oxygen atoms in total. The van der Waals surface area contributed by atoms with Gasteiger partial charge in [0, 0.05) is 6.54 Å². The third-order valence-electron chi connectivity index (χ3n) is 2.19. The number of thioether (sulfide) groups is 1. The minimum Gasteiger partial charge on any atom is -0.355 e. The van der Waals surface area contributed by atoms with Crippen LogP contribution in [0, 0.1) is 0 Å². The van der Waals surface area contributed by atoms with E-state index in [0.717, 1.165) is 6.42 Å². The highest BCUT2D eigenvalue weighted by atomic mass is 32.2. The highest BCUT2D eigenvalue weighted by Gasteiger charge is 2.08. The van der Waals surface area contributed by atoms with Crippen molar-refractivity contribution in [2.24, 2.45) is 0 Å². The Bertz CT molecular complexity index is 606. The zero-order valence-corrected chi connectivity index (χ0v) is 10.6. The predicted octanol–water partition coefficient (Wildman–Crippen LogP) is 0.264. The van der Waals surface area contributed by atoms with E-state index in [1.54, 1.807) is 0 Å². The first-order chi connectivity index (χ1) is 8.70. The monoisotopic (exact) mass is 267 g/mol. The molecule has 0 unspecified atom stereocenters. The number of fused-ring (bicyclic) bond motifs is 1. The lowest BCUT2D eigenvalue weighted by Crippen LogP contribution is -2.25.